The predicted molar refractivity (Wildman–Crippen MR) is 188 cm³/mol. The first kappa shape index (κ1) is 38.9. The van der Waals surface area contributed by atoms with Crippen LogP contribution >= 0.6 is 17.0 Å². The van der Waals surface area contributed by atoms with Crippen LogP contribution in [0.15, 0.2) is 85.1 Å². The van der Waals surface area contributed by atoms with E-state index in [2.05, 4.69) is 15.2 Å². The number of hydrogen-bond donors (Lipinski definition) is 2. The van der Waals surface area contributed by atoms with Crippen LogP contribution in [0.4, 0.5) is 32.0 Å². The Morgan fingerprint density at radius 1 is 0.868 bits per heavy atom. The van der Waals surface area contributed by atoms with E-state index in [1.54, 1.807) is 46.8 Å². The van der Waals surface area contributed by atoms with Crippen molar-refractivity contribution in [2.45, 2.75) is 18.9 Å². The fraction of sp³-hybridized carbons (Fsp3) is 0.250. The lowest BCUT2D eigenvalue weighted by molar-refractivity contribution is -0.153. The van der Waals surface area contributed by atoms with E-state index >= 15 is 0 Å². The summed E-state index contributed by atoms with van der Waals surface area (Å²) in [4.78, 5) is 34.2. The molecule has 1 saturated heterocycles. The van der Waals surface area contributed by atoms with Crippen LogP contribution in [0.3, 0.4) is 0 Å². The highest BCUT2D eigenvalue weighted by Crippen LogP contribution is 2.33. The van der Waals surface area contributed by atoms with E-state index in [1.807, 2.05) is 6.07 Å². The van der Waals surface area contributed by atoms with E-state index in [1.165, 1.54) is 30.5 Å². The standard InChI is InChI=1S/C36H31F6N5O5.BrH/c1-45-29-18-27(52-32-11-6-25(19-43-32)44-33(49)28-10-5-24(17-31(28)48)36(40,41)42)9-4-23(29)16-30(45)34(50)47-14-12-46(13-15-47)20-22-2-7-26(8-3-22)51-21-35(37,38)39;/h2-11,16-19,48H,12-15,20-21H2,1H3,(H,44,49);1H. The van der Waals surface area contributed by atoms with E-state index in [-0.39, 0.29) is 45.8 Å². The molecule has 2 amide bonds. The van der Waals surface area contributed by atoms with Gasteiger partial charge in [0.1, 0.15) is 22.9 Å². The van der Waals surface area contributed by atoms with Crippen LogP contribution in [0.25, 0.3) is 10.9 Å². The Balaban J connectivity index is 0.00000541. The molecule has 0 bridgehead atoms. The zero-order chi connectivity index (χ0) is 37.2. The van der Waals surface area contributed by atoms with E-state index in [9.17, 15) is 41.0 Å². The molecule has 53 heavy (non-hydrogen) atoms. The van der Waals surface area contributed by atoms with Gasteiger partial charge in [0.25, 0.3) is 11.8 Å². The maximum absolute atomic E-state index is 13.5. The molecule has 0 aliphatic carbocycles. The van der Waals surface area contributed by atoms with E-state index in [0.717, 1.165) is 22.5 Å². The molecular formula is C36H32BrF6N5O5. The van der Waals surface area contributed by atoms with Crippen molar-refractivity contribution >= 4 is 45.4 Å². The van der Waals surface area contributed by atoms with Gasteiger partial charge in [-0.1, -0.05) is 12.1 Å². The number of halogens is 7. The Labute approximate surface area is 309 Å². The quantitative estimate of drug-likeness (QED) is 0.146. The molecule has 10 nitrogen and oxygen atoms in total. The van der Waals surface area contributed by atoms with Crippen molar-refractivity contribution in [2.75, 3.05) is 38.1 Å². The first-order valence-electron chi connectivity index (χ1n) is 15.9. The topological polar surface area (TPSA) is 109 Å². The molecule has 5 aromatic rings. The summed E-state index contributed by atoms with van der Waals surface area (Å²) in [6, 6.07) is 18.6. The average molecular weight is 809 g/mol. The summed E-state index contributed by atoms with van der Waals surface area (Å²) in [5.41, 5.74) is 0.939. The number of piperazine rings is 1. The molecule has 0 spiro atoms. The number of alkyl halides is 6. The molecule has 17 heteroatoms. The molecule has 0 unspecified atom stereocenters. The van der Waals surface area contributed by atoms with Crippen LogP contribution in [0.2, 0.25) is 0 Å². The number of amides is 2. The summed E-state index contributed by atoms with van der Waals surface area (Å²) < 4.78 is 88.3. The van der Waals surface area contributed by atoms with Gasteiger partial charge in [0, 0.05) is 57.3 Å². The molecule has 3 heterocycles. The lowest BCUT2D eigenvalue weighted by atomic mass is 10.1. The third-order valence-corrected chi connectivity index (χ3v) is 8.41. The summed E-state index contributed by atoms with van der Waals surface area (Å²) in [6.07, 6.45) is -7.78. The van der Waals surface area contributed by atoms with Gasteiger partial charge in [0.15, 0.2) is 6.61 Å². The minimum atomic E-state index is -4.67. The van der Waals surface area contributed by atoms with Gasteiger partial charge in [-0.15, -0.1) is 17.0 Å². The molecule has 280 valence electrons. The summed E-state index contributed by atoms with van der Waals surface area (Å²) in [7, 11) is 1.78. The van der Waals surface area contributed by atoms with E-state index in [4.69, 9.17) is 9.47 Å². The number of rotatable bonds is 9. The molecule has 2 N–H and O–H groups in total. The maximum Gasteiger partial charge on any atom is 0.422 e. The fourth-order valence-electron chi connectivity index (χ4n) is 5.70. The van der Waals surface area contributed by atoms with Gasteiger partial charge in [-0.2, -0.15) is 26.3 Å². The summed E-state index contributed by atoms with van der Waals surface area (Å²) in [5.74, 6) is -1.01. The Bertz CT molecular complexity index is 2080. The number of ether oxygens (including phenoxy) is 2. The van der Waals surface area contributed by atoms with Crippen molar-refractivity contribution in [1.82, 2.24) is 19.4 Å². The molecule has 0 saturated carbocycles. The fourth-order valence-corrected chi connectivity index (χ4v) is 5.70. The molecular weight excluding hydrogens is 776 g/mol. The number of anilines is 1. The van der Waals surface area contributed by atoms with Gasteiger partial charge >= 0.3 is 12.4 Å². The molecule has 2 aromatic heterocycles. The second-order valence-electron chi connectivity index (χ2n) is 12.1. The highest BCUT2D eigenvalue weighted by molar-refractivity contribution is 8.93. The molecule has 3 aromatic carbocycles. The number of pyridine rings is 1. The van der Waals surface area contributed by atoms with Crippen molar-refractivity contribution in [3.8, 4) is 23.1 Å². The number of fused-ring (bicyclic) bond motifs is 1. The van der Waals surface area contributed by atoms with Crippen LogP contribution in [-0.2, 0) is 19.8 Å². The highest BCUT2D eigenvalue weighted by Gasteiger charge is 2.32. The first-order valence-corrected chi connectivity index (χ1v) is 15.9. The minimum absolute atomic E-state index is 0. The lowest BCUT2D eigenvalue weighted by Crippen LogP contribution is -2.48. The Morgan fingerprint density at radius 3 is 2.19 bits per heavy atom. The van der Waals surface area contributed by atoms with E-state index < -0.39 is 36.2 Å². The largest absolute Gasteiger partial charge is 0.507 e. The third-order valence-electron chi connectivity index (χ3n) is 8.41. The van der Waals surface area contributed by atoms with Crippen molar-refractivity contribution in [2.24, 2.45) is 7.05 Å². The second-order valence-corrected chi connectivity index (χ2v) is 12.1. The minimum Gasteiger partial charge on any atom is -0.507 e. The monoisotopic (exact) mass is 807 g/mol. The molecule has 0 radical (unpaired) electrons. The van der Waals surface area contributed by atoms with Crippen LogP contribution in [-0.4, -0.2) is 75.2 Å². The number of phenols is 1. The number of aryl methyl sites for hydroxylation is 1. The number of benzene rings is 3. The van der Waals surface area contributed by atoms with E-state index in [0.29, 0.717) is 56.3 Å². The highest BCUT2D eigenvalue weighted by atomic mass is 79.9. The SMILES string of the molecule is Br.Cn1c(C(=O)N2CCN(Cc3ccc(OCC(F)(F)F)cc3)CC2)cc2ccc(Oc3ccc(NC(=O)c4ccc(C(F)(F)F)cc4O)cn3)cc21. The number of carbonyl (C=O) groups is 2. The summed E-state index contributed by atoms with van der Waals surface area (Å²) in [5, 5.41) is 13.2. The summed E-state index contributed by atoms with van der Waals surface area (Å²) in [6.45, 7) is 1.46. The Morgan fingerprint density at radius 2 is 1.57 bits per heavy atom. The van der Waals surface area contributed by atoms with Crippen LogP contribution in [0.1, 0.15) is 32.0 Å². The maximum atomic E-state index is 13.5. The lowest BCUT2D eigenvalue weighted by Gasteiger charge is -2.34. The Hall–Kier alpha value is -5.29. The predicted octanol–water partition coefficient (Wildman–Crippen LogP) is 7.82. The molecule has 1 aliphatic rings. The van der Waals surface area contributed by atoms with Gasteiger partial charge < -0.3 is 29.4 Å². The van der Waals surface area contributed by atoms with Gasteiger partial charge in [-0.05, 0) is 60.2 Å². The normalized spacial score (nSPS) is 13.8. The van der Waals surface area contributed by atoms with Gasteiger partial charge in [0.05, 0.1) is 28.5 Å². The molecule has 1 fully saturated rings. The summed E-state index contributed by atoms with van der Waals surface area (Å²) >= 11 is 0. The molecule has 0 atom stereocenters. The number of hydrogen-bond acceptors (Lipinski definition) is 7. The van der Waals surface area contributed by atoms with Gasteiger partial charge in [0.2, 0.25) is 5.88 Å². The first-order chi connectivity index (χ1) is 24.6. The zero-order valence-electron chi connectivity index (χ0n) is 27.9. The van der Waals surface area contributed by atoms with Crippen LogP contribution in [0, 0.1) is 0 Å². The average Bonchev–Trinajstić information content (AvgIpc) is 3.43. The smallest absolute Gasteiger partial charge is 0.422 e. The van der Waals surface area contributed by atoms with Crippen LogP contribution in [0.5, 0.6) is 23.1 Å². The molecule has 6 rings (SSSR count). The van der Waals surface area contributed by atoms with Crippen LogP contribution < -0.4 is 14.8 Å². The number of phenolic OH excluding ortho intramolecular Hbond substituents is 1. The van der Waals surface area contributed by atoms with Gasteiger partial charge in [-0.25, -0.2) is 4.98 Å². The van der Waals surface area contributed by atoms with Crippen molar-refractivity contribution in [3.05, 3.63) is 107 Å². The second kappa shape index (κ2) is 15.8. The zero-order valence-corrected chi connectivity index (χ0v) is 29.6. The number of nitrogens with one attached hydrogen (secondary N) is 1. The van der Waals surface area contributed by atoms with Gasteiger partial charge in [-0.3, -0.25) is 14.5 Å². The number of aromatic hydroxyl groups is 1. The van der Waals surface area contributed by atoms with Crippen molar-refractivity contribution < 1.29 is 50.5 Å². The number of carbonyl (C=O) groups excluding carboxylic acids is 2. The molecule has 1 aliphatic heterocycles. The third kappa shape index (κ3) is 9.58. The van der Waals surface area contributed by atoms with Crippen molar-refractivity contribution in [3.63, 3.8) is 0 Å². The Kier molecular flexibility index (Phi) is 11.6. The number of nitrogens with zero attached hydrogens (tertiary/aromatic N) is 4. The van der Waals surface area contributed by atoms with Crippen molar-refractivity contribution in [1.29, 1.82) is 0 Å². The number of aromatic nitrogens is 2.